The van der Waals surface area contributed by atoms with Crippen LogP contribution in [0.1, 0.15) is 0 Å². The van der Waals surface area contributed by atoms with Crippen LogP contribution in [0.15, 0.2) is 47.6 Å². The summed E-state index contributed by atoms with van der Waals surface area (Å²) in [5.41, 5.74) is 6.85. The van der Waals surface area contributed by atoms with Crippen LogP contribution < -0.4 is 5.73 Å². The van der Waals surface area contributed by atoms with Crippen molar-refractivity contribution in [3.8, 4) is 16.9 Å². The number of rotatable bonds is 3. The highest BCUT2D eigenvalue weighted by molar-refractivity contribution is 7.90. The summed E-state index contributed by atoms with van der Waals surface area (Å²) in [7, 11) is -3.79. The van der Waals surface area contributed by atoms with E-state index < -0.39 is 20.8 Å². The maximum atomic E-state index is 14.5. The summed E-state index contributed by atoms with van der Waals surface area (Å²) in [6.45, 7) is 0. The van der Waals surface area contributed by atoms with Crippen LogP contribution in [-0.4, -0.2) is 34.4 Å². The number of nitrogens with two attached hydrogens (primary N) is 1. The van der Waals surface area contributed by atoms with E-state index in [1.807, 2.05) is 0 Å². The second kappa shape index (κ2) is 6.94. The number of nitrogens with zero attached hydrogens (tertiary/aromatic N) is 4. The summed E-state index contributed by atoms with van der Waals surface area (Å²) in [5.74, 6) is -0.495. The molecule has 4 rings (SSSR count). The minimum atomic E-state index is -3.79. The maximum Gasteiger partial charge on any atom is 0.249 e. The Hall–Kier alpha value is -2.75. The van der Waals surface area contributed by atoms with Crippen molar-refractivity contribution in [1.29, 1.82) is 0 Å². The molecule has 148 valence electrons. The molecule has 0 aliphatic rings. The van der Waals surface area contributed by atoms with Crippen LogP contribution in [0.4, 0.5) is 10.2 Å². The van der Waals surface area contributed by atoms with Gasteiger partial charge in [0, 0.05) is 11.8 Å². The van der Waals surface area contributed by atoms with E-state index in [0.29, 0.717) is 10.7 Å². The Labute approximate surface area is 174 Å². The Bertz CT molecular complexity index is 1390. The van der Waals surface area contributed by atoms with Gasteiger partial charge in [0.05, 0.1) is 26.8 Å². The van der Waals surface area contributed by atoms with Crippen molar-refractivity contribution in [3.05, 3.63) is 58.3 Å². The molecular formula is C18H12Cl2FN5O2S. The Balaban J connectivity index is 2.09. The second-order valence-electron chi connectivity index (χ2n) is 6.20. The number of nitrogen functional groups attached to an aromatic ring is 1. The van der Waals surface area contributed by atoms with Crippen LogP contribution in [0.3, 0.4) is 0 Å². The highest BCUT2D eigenvalue weighted by Crippen LogP contribution is 2.34. The molecule has 2 aromatic heterocycles. The molecule has 2 N–H and O–H groups in total. The maximum absolute atomic E-state index is 14.5. The average molecular weight is 452 g/mol. The van der Waals surface area contributed by atoms with Crippen molar-refractivity contribution in [2.75, 3.05) is 12.0 Å². The predicted molar refractivity (Wildman–Crippen MR) is 110 cm³/mol. The number of hydrogen-bond acceptors (Lipinski definition) is 6. The first-order valence-corrected chi connectivity index (χ1v) is 10.8. The third kappa shape index (κ3) is 3.41. The van der Waals surface area contributed by atoms with Gasteiger partial charge in [-0.2, -0.15) is 4.98 Å². The third-order valence-electron chi connectivity index (χ3n) is 4.16. The van der Waals surface area contributed by atoms with E-state index in [1.165, 1.54) is 22.9 Å². The highest BCUT2D eigenvalue weighted by atomic mass is 35.5. The number of fused-ring (bicyclic) bond motifs is 1. The van der Waals surface area contributed by atoms with Crippen molar-refractivity contribution in [2.45, 2.75) is 5.16 Å². The van der Waals surface area contributed by atoms with Crippen LogP contribution in [0.2, 0.25) is 10.0 Å². The third-order valence-corrected chi connectivity index (χ3v) is 5.74. The SMILES string of the molecule is CS(=O)(=O)c1nc(-c2ccccc2F)c2c(N)n(-c3ccc(Cl)c(Cl)c3)nc2n1. The first kappa shape index (κ1) is 19.6. The van der Waals surface area contributed by atoms with Gasteiger partial charge in [-0.25, -0.2) is 22.5 Å². The lowest BCUT2D eigenvalue weighted by Gasteiger charge is -2.07. The van der Waals surface area contributed by atoms with Gasteiger partial charge in [-0.1, -0.05) is 35.3 Å². The molecule has 7 nitrogen and oxygen atoms in total. The van der Waals surface area contributed by atoms with Gasteiger partial charge in [-0.05, 0) is 30.3 Å². The fourth-order valence-electron chi connectivity index (χ4n) is 2.82. The molecule has 0 aliphatic heterocycles. The van der Waals surface area contributed by atoms with E-state index >= 15 is 0 Å². The predicted octanol–water partition coefficient (Wildman–Crippen LogP) is 3.91. The zero-order valence-corrected chi connectivity index (χ0v) is 17.1. The van der Waals surface area contributed by atoms with Gasteiger partial charge in [0.2, 0.25) is 15.0 Å². The van der Waals surface area contributed by atoms with Gasteiger partial charge >= 0.3 is 0 Å². The number of anilines is 1. The molecule has 29 heavy (non-hydrogen) atoms. The largest absolute Gasteiger partial charge is 0.383 e. The first-order chi connectivity index (χ1) is 13.7. The normalized spacial score (nSPS) is 11.9. The Morgan fingerprint density at radius 1 is 1.07 bits per heavy atom. The Kier molecular flexibility index (Phi) is 4.68. The number of benzene rings is 2. The van der Waals surface area contributed by atoms with Gasteiger partial charge in [-0.15, -0.1) is 5.10 Å². The molecule has 0 atom stereocenters. The number of halogens is 3. The van der Waals surface area contributed by atoms with E-state index in [9.17, 15) is 12.8 Å². The minimum Gasteiger partial charge on any atom is -0.383 e. The van der Waals surface area contributed by atoms with Gasteiger partial charge in [0.25, 0.3) is 0 Å². The summed E-state index contributed by atoms with van der Waals surface area (Å²) in [6, 6.07) is 10.6. The molecule has 4 aromatic rings. The molecule has 0 bridgehead atoms. The molecule has 2 aromatic carbocycles. The molecule has 11 heteroatoms. The van der Waals surface area contributed by atoms with Crippen LogP contribution in [0.25, 0.3) is 28.0 Å². The van der Waals surface area contributed by atoms with Crippen molar-refractivity contribution < 1.29 is 12.8 Å². The summed E-state index contributed by atoms with van der Waals surface area (Å²) >= 11 is 12.0. The number of sulfone groups is 1. The van der Waals surface area contributed by atoms with E-state index in [2.05, 4.69) is 15.1 Å². The summed E-state index contributed by atoms with van der Waals surface area (Å²) in [6.07, 6.45) is 0.957. The van der Waals surface area contributed by atoms with Gasteiger partial charge in [0.15, 0.2) is 5.65 Å². The van der Waals surface area contributed by atoms with Crippen molar-refractivity contribution in [2.24, 2.45) is 0 Å². The smallest absolute Gasteiger partial charge is 0.249 e. The highest BCUT2D eigenvalue weighted by Gasteiger charge is 2.24. The van der Waals surface area contributed by atoms with Crippen LogP contribution in [0.5, 0.6) is 0 Å². The van der Waals surface area contributed by atoms with Crippen molar-refractivity contribution >= 4 is 49.9 Å². The molecule has 0 amide bonds. The van der Waals surface area contributed by atoms with Crippen LogP contribution >= 0.6 is 23.2 Å². The summed E-state index contributed by atoms with van der Waals surface area (Å²) in [5, 5.41) is 4.65. The molecule has 2 heterocycles. The molecule has 0 saturated carbocycles. The lowest BCUT2D eigenvalue weighted by Crippen LogP contribution is -2.06. The van der Waals surface area contributed by atoms with E-state index in [1.54, 1.807) is 24.3 Å². The number of hydrogen-bond donors (Lipinski definition) is 1. The van der Waals surface area contributed by atoms with Crippen molar-refractivity contribution in [3.63, 3.8) is 0 Å². The van der Waals surface area contributed by atoms with Gasteiger partial charge in [-0.3, -0.25) is 0 Å². The lowest BCUT2D eigenvalue weighted by molar-refractivity contribution is 0.593. The molecule has 0 fully saturated rings. The topological polar surface area (TPSA) is 104 Å². The van der Waals surface area contributed by atoms with Gasteiger partial charge < -0.3 is 5.73 Å². The average Bonchev–Trinajstić information content (AvgIpc) is 3.00. The van der Waals surface area contributed by atoms with Gasteiger partial charge in [0.1, 0.15) is 11.6 Å². The van der Waals surface area contributed by atoms with E-state index in [-0.39, 0.29) is 33.1 Å². The Morgan fingerprint density at radius 2 is 1.79 bits per heavy atom. The minimum absolute atomic E-state index is 0.00208. The standard InChI is InChI=1S/C18H12Cl2FN5O2S/c1-29(27,28)18-23-15(10-4-2-3-5-13(10)21)14-16(22)26(25-17(14)24-18)9-6-7-11(19)12(20)8-9/h2-8H,22H2,1H3. The first-order valence-electron chi connectivity index (χ1n) is 8.13. The molecule has 0 aliphatic carbocycles. The quantitative estimate of drug-likeness (QED) is 0.473. The molecular weight excluding hydrogens is 440 g/mol. The van der Waals surface area contributed by atoms with Crippen molar-refractivity contribution in [1.82, 2.24) is 19.7 Å². The summed E-state index contributed by atoms with van der Waals surface area (Å²) < 4.78 is 39.9. The molecule has 0 saturated heterocycles. The fourth-order valence-corrected chi connectivity index (χ4v) is 3.62. The zero-order chi connectivity index (χ0) is 20.9. The molecule has 0 spiro atoms. The molecule has 0 radical (unpaired) electrons. The van der Waals surface area contributed by atoms with E-state index in [0.717, 1.165) is 6.26 Å². The summed E-state index contributed by atoms with van der Waals surface area (Å²) in [4.78, 5) is 8.10. The van der Waals surface area contributed by atoms with Crippen LogP contribution in [-0.2, 0) is 9.84 Å². The number of aromatic nitrogens is 4. The monoisotopic (exact) mass is 451 g/mol. The van der Waals surface area contributed by atoms with E-state index in [4.69, 9.17) is 28.9 Å². The lowest BCUT2D eigenvalue weighted by atomic mass is 10.1. The Morgan fingerprint density at radius 3 is 2.45 bits per heavy atom. The second-order valence-corrected chi connectivity index (χ2v) is 8.92. The zero-order valence-electron chi connectivity index (χ0n) is 14.8. The molecule has 0 unspecified atom stereocenters. The fraction of sp³-hybridized carbons (Fsp3) is 0.0556. The van der Waals surface area contributed by atoms with Crippen LogP contribution in [0, 0.1) is 5.82 Å².